The minimum absolute atomic E-state index is 0.0557. The zero-order chi connectivity index (χ0) is 24.6. The Balaban J connectivity index is 2.03. The molecule has 0 bridgehead atoms. The quantitative estimate of drug-likeness (QED) is 0.591. The van der Waals surface area contributed by atoms with Crippen LogP contribution in [0.15, 0.2) is 29.4 Å². The summed E-state index contributed by atoms with van der Waals surface area (Å²) in [6.07, 6.45) is 0.987. The molecule has 0 saturated heterocycles. The molecule has 12 heteroatoms. The zero-order valence-electron chi connectivity index (χ0n) is 18.6. The number of methoxy groups -OCH3 is 2. The number of Topliss-reactive ketones (excluding diaryl/α,β-unsaturated/α-hetero) is 1. The van der Waals surface area contributed by atoms with Crippen molar-refractivity contribution in [2.75, 3.05) is 26.6 Å². The fourth-order valence-corrected chi connectivity index (χ4v) is 5.08. The molecule has 0 amide bonds. The number of hydrogen-bond acceptors (Lipinski definition) is 9. The third-order valence-corrected chi connectivity index (χ3v) is 8.28. The molecular weight excluding hydrogens is 458 g/mol. The lowest BCUT2D eigenvalue weighted by Crippen LogP contribution is -2.56. The van der Waals surface area contributed by atoms with E-state index in [2.05, 4.69) is 15.0 Å². The predicted molar refractivity (Wildman–Crippen MR) is 117 cm³/mol. The molecule has 0 unspecified atom stereocenters. The summed E-state index contributed by atoms with van der Waals surface area (Å²) >= 11 is 0. The molecule has 2 N–H and O–H groups in total. The number of carbonyl (C=O) groups excluding carboxylic acids is 1. The van der Waals surface area contributed by atoms with Gasteiger partial charge in [0.25, 0.3) is 0 Å². The Hall–Kier alpha value is -3.15. The molecule has 1 atom stereocenters. The van der Waals surface area contributed by atoms with E-state index in [0.29, 0.717) is 5.56 Å². The Morgan fingerprint density at radius 3 is 2.52 bits per heavy atom. The van der Waals surface area contributed by atoms with E-state index in [1.807, 2.05) is 0 Å². The standard InChI is InChI=1S/C21H24F2N4O5S/c1-20(2)19(24)27-21(10-22,11-33(20,29)30)13-7-12(5-6-14(13)23)8-15(28)17-18(32-4)26-16(31-3)9-25-17/h5-7,9H,8,10-11H2,1-4H3,(H2,24,27)/t21-/m0/s1. The SMILES string of the molecule is COc1cnc(C(=O)Cc2ccc(F)c([C@]3(CF)CS(=O)(=O)C(C)(C)C(N)=N3)c2)c(OC)n1. The Kier molecular flexibility index (Phi) is 6.42. The molecule has 1 aliphatic heterocycles. The van der Waals surface area contributed by atoms with E-state index in [9.17, 15) is 22.0 Å². The maximum atomic E-state index is 14.8. The molecule has 33 heavy (non-hydrogen) atoms. The summed E-state index contributed by atoms with van der Waals surface area (Å²) < 4.78 is 63.2. The monoisotopic (exact) mass is 482 g/mol. The first kappa shape index (κ1) is 24.5. The van der Waals surface area contributed by atoms with Crippen LogP contribution in [0.25, 0.3) is 0 Å². The van der Waals surface area contributed by atoms with Gasteiger partial charge in [0, 0.05) is 12.0 Å². The number of rotatable bonds is 7. The highest BCUT2D eigenvalue weighted by Gasteiger charge is 2.51. The second-order valence-electron chi connectivity index (χ2n) is 8.12. The van der Waals surface area contributed by atoms with Crippen LogP contribution in [0, 0.1) is 5.82 Å². The van der Waals surface area contributed by atoms with Crippen LogP contribution < -0.4 is 15.2 Å². The highest BCUT2D eigenvalue weighted by Crippen LogP contribution is 2.39. The summed E-state index contributed by atoms with van der Waals surface area (Å²) in [5, 5.41) is 0. The molecule has 0 radical (unpaired) electrons. The normalized spacial score (nSPS) is 21.2. The number of alkyl halides is 1. The lowest BCUT2D eigenvalue weighted by Gasteiger charge is -2.38. The van der Waals surface area contributed by atoms with Crippen molar-refractivity contribution < 1.29 is 31.5 Å². The van der Waals surface area contributed by atoms with Gasteiger partial charge in [-0.05, 0) is 31.5 Å². The second-order valence-corrected chi connectivity index (χ2v) is 10.7. The zero-order valence-corrected chi connectivity index (χ0v) is 19.4. The first-order valence-corrected chi connectivity index (χ1v) is 11.5. The van der Waals surface area contributed by atoms with Crippen LogP contribution in [-0.4, -0.2) is 61.4 Å². The number of sulfone groups is 1. The van der Waals surface area contributed by atoms with Crippen LogP contribution >= 0.6 is 0 Å². The lowest BCUT2D eigenvalue weighted by atomic mass is 9.90. The third kappa shape index (κ3) is 4.26. The van der Waals surface area contributed by atoms with Gasteiger partial charge in [0.1, 0.15) is 28.6 Å². The van der Waals surface area contributed by atoms with E-state index in [-0.39, 0.29) is 35.3 Å². The minimum atomic E-state index is -3.97. The predicted octanol–water partition coefficient (Wildman–Crippen LogP) is 1.79. The first-order valence-electron chi connectivity index (χ1n) is 9.82. The first-order chi connectivity index (χ1) is 15.4. The number of halogens is 2. The molecule has 3 rings (SSSR count). The number of hydrogen-bond donors (Lipinski definition) is 1. The molecular formula is C21H24F2N4O5S. The molecule has 0 fully saturated rings. The molecule has 1 aromatic heterocycles. The molecule has 1 aromatic carbocycles. The maximum Gasteiger partial charge on any atom is 0.246 e. The average Bonchev–Trinajstić information content (AvgIpc) is 2.78. The summed E-state index contributed by atoms with van der Waals surface area (Å²) in [5.74, 6) is -2.36. The lowest BCUT2D eigenvalue weighted by molar-refractivity contribution is 0.0983. The average molecular weight is 483 g/mol. The van der Waals surface area contributed by atoms with E-state index in [1.54, 1.807) is 0 Å². The number of ketones is 1. The van der Waals surface area contributed by atoms with Gasteiger partial charge < -0.3 is 15.2 Å². The second kappa shape index (κ2) is 8.65. The molecule has 0 saturated carbocycles. The van der Waals surface area contributed by atoms with Crippen molar-refractivity contribution in [3.63, 3.8) is 0 Å². The number of amidine groups is 1. The molecule has 178 valence electrons. The number of nitrogens with zero attached hydrogens (tertiary/aromatic N) is 3. The van der Waals surface area contributed by atoms with Crippen LogP contribution in [-0.2, 0) is 21.8 Å². The molecule has 1 aliphatic rings. The Morgan fingerprint density at radius 1 is 1.24 bits per heavy atom. The van der Waals surface area contributed by atoms with Gasteiger partial charge in [-0.2, -0.15) is 4.98 Å². The number of aromatic nitrogens is 2. The topological polar surface area (TPSA) is 134 Å². The largest absolute Gasteiger partial charge is 0.480 e. The molecule has 0 aliphatic carbocycles. The Morgan fingerprint density at radius 2 is 1.94 bits per heavy atom. The third-order valence-electron chi connectivity index (χ3n) is 5.66. The van der Waals surface area contributed by atoms with Crippen LogP contribution in [0.2, 0.25) is 0 Å². The van der Waals surface area contributed by atoms with E-state index < -0.39 is 44.2 Å². The van der Waals surface area contributed by atoms with Gasteiger partial charge in [-0.15, -0.1) is 0 Å². The molecule has 2 heterocycles. The maximum absolute atomic E-state index is 14.8. The van der Waals surface area contributed by atoms with Gasteiger partial charge in [0.05, 0.1) is 26.2 Å². The van der Waals surface area contributed by atoms with E-state index in [1.165, 1.54) is 46.4 Å². The van der Waals surface area contributed by atoms with E-state index in [4.69, 9.17) is 15.2 Å². The minimum Gasteiger partial charge on any atom is -0.480 e. The van der Waals surface area contributed by atoms with E-state index in [0.717, 1.165) is 6.07 Å². The smallest absolute Gasteiger partial charge is 0.246 e. The number of carbonyl (C=O) groups is 1. The number of aliphatic imine (C=N–C) groups is 1. The number of nitrogens with two attached hydrogens (primary N) is 1. The van der Waals surface area contributed by atoms with Gasteiger partial charge in [0.15, 0.2) is 21.3 Å². The van der Waals surface area contributed by atoms with Gasteiger partial charge in [0.2, 0.25) is 11.8 Å². The van der Waals surface area contributed by atoms with Crippen molar-refractivity contribution in [2.45, 2.75) is 30.6 Å². The van der Waals surface area contributed by atoms with Crippen LogP contribution in [0.3, 0.4) is 0 Å². The van der Waals surface area contributed by atoms with Crippen LogP contribution in [0.5, 0.6) is 11.8 Å². The highest BCUT2D eigenvalue weighted by molar-refractivity contribution is 7.93. The summed E-state index contributed by atoms with van der Waals surface area (Å²) in [4.78, 5) is 24.9. The molecule has 0 spiro atoms. The summed E-state index contributed by atoms with van der Waals surface area (Å²) in [6, 6.07) is 3.59. The van der Waals surface area contributed by atoms with E-state index >= 15 is 0 Å². The fourth-order valence-electron chi connectivity index (χ4n) is 3.43. The van der Waals surface area contributed by atoms with Crippen molar-refractivity contribution in [3.8, 4) is 11.8 Å². The fraction of sp³-hybridized carbons (Fsp3) is 0.429. The van der Waals surface area contributed by atoms with Gasteiger partial charge in [-0.25, -0.2) is 22.2 Å². The van der Waals surface area contributed by atoms with Crippen molar-refractivity contribution >= 4 is 21.5 Å². The van der Waals surface area contributed by atoms with Gasteiger partial charge >= 0.3 is 0 Å². The summed E-state index contributed by atoms with van der Waals surface area (Å²) in [5.41, 5.74) is 3.72. The molecule has 9 nitrogen and oxygen atoms in total. The van der Waals surface area contributed by atoms with Crippen molar-refractivity contribution in [1.82, 2.24) is 9.97 Å². The Bertz CT molecular complexity index is 1230. The summed E-state index contributed by atoms with van der Waals surface area (Å²) in [6.45, 7) is 1.42. The van der Waals surface area contributed by atoms with Crippen molar-refractivity contribution in [2.24, 2.45) is 10.7 Å². The molecule has 2 aromatic rings. The Labute approximate surface area is 190 Å². The highest BCUT2D eigenvalue weighted by atomic mass is 32.2. The van der Waals surface area contributed by atoms with Gasteiger partial charge in [-0.3, -0.25) is 9.79 Å². The van der Waals surface area contributed by atoms with Crippen LogP contribution in [0.1, 0.15) is 35.5 Å². The number of ether oxygens (including phenoxy) is 2. The number of benzene rings is 1. The van der Waals surface area contributed by atoms with Crippen LogP contribution in [0.4, 0.5) is 8.78 Å². The van der Waals surface area contributed by atoms with Crippen molar-refractivity contribution in [1.29, 1.82) is 0 Å². The van der Waals surface area contributed by atoms with Gasteiger partial charge in [-0.1, -0.05) is 6.07 Å². The summed E-state index contributed by atoms with van der Waals surface area (Å²) in [7, 11) is -1.27. The van der Waals surface area contributed by atoms with Crippen molar-refractivity contribution in [3.05, 3.63) is 47.0 Å².